The molecule has 2 unspecified atom stereocenters. The van der Waals surface area contributed by atoms with Gasteiger partial charge in [-0.05, 0) is 49.8 Å². The Morgan fingerprint density at radius 3 is 2.62 bits per heavy atom. The zero-order valence-corrected chi connectivity index (χ0v) is 19.9. The first-order valence-electron chi connectivity index (χ1n) is 10.9. The SMILES string of the molecule is Cc1nnc(C2CCCN2C(=O)NCC2CCN(S(C)(=O)=O)C2)n1Cc1ccc(Cl)cc1. The van der Waals surface area contributed by atoms with Crippen molar-refractivity contribution < 1.29 is 13.2 Å². The summed E-state index contributed by atoms with van der Waals surface area (Å²) in [6.07, 6.45) is 3.71. The van der Waals surface area contributed by atoms with Gasteiger partial charge >= 0.3 is 6.03 Å². The predicted molar refractivity (Wildman–Crippen MR) is 122 cm³/mol. The van der Waals surface area contributed by atoms with Crippen molar-refractivity contribution in [3.63, 3.8) is 0 Å². The first-order valence-corrected chi connectivity index (χ1v) is 13.1. The number of hydrogen-bond acceptors (Lipinski definition) is 5. The van der Waals surface area contributed by atoms with E-state index < -0.39 is 10.0 Å². The molecule has 1 aromatic carbocycles. The normalized spacial score (nSPS) is 21.9. The van der Waals surface area contributed by atoms with Gasteiger partial charge in [0.1, 0.15) is 5.82 Å². The number of urea groups is 1. The van der Waals surface area contributed by atoms with Crippen LogP contribution in [0.3, 0.4) is 0 Å². The van der Waals surface area contributed by atoms with Crippen LogP contribution in [0.2, 0.25) is 5.02 Å². The van der Waals surface area contributed by atoms with Crippen LogP contribution in [0.15, 0.2) is 24.3 Å². The van der Waals surface area contributed by atoms with Crippen LogP contribution in [0.25, 0.3) is 0 Å². The third-order valence-corrected chi connectivity index (χ3v) is 7.81. The van der Waals surface area contributed by atoms with Gasteiger partial charge in [0, 0.05) is 31.2 Å². The highest BCUT2D eigenvalue weighted by molar-refractivity contribution is 7.88. The molecule has 2 aliphatic rings. The molecule has 2 aromatic rings. The average Bonchev–Trinajstić information content (AvgIpc) is 3.48. The highest BCUT2D eigenvalue weighted by Crippen LogP contribution is 2.31. The number of hydrogen-bond donors (Lipinski definition) is 1. The minimum atomic E-state index is -3.18. The standard InChI is InChI=1S/C21H29ClN6O3S/c1-15-24-25-20(28(15)14-16-5-7-18(22)8-6-16)19-4-3-10-27(19)21(29)23-12-17-9-11-26(13-17)32(2,30)31/h5-8,17,19H,3-4,9-14H2,1-2H3,(H,23,29). The number of carbonyl (C=O) groups excluding carboxylic acids is 1. The number of aryl methyl sites for hydroxylation is 1. The molecule has 174 valence electrons. The molecule has 11 heteroatoms. The zero-order valence-electron chi connectivity index (χ0n) is 18.4. The fourth-order valence-electron chi connectivity index (χ4n) is 4.49. The van der Waals surface area contributed by atoms with Crippen molar-refractivity contribution in [2.24, 2.45) is 5.92 Å². The lowest BCUT2D eigenvalue weighted by Crippen LogP contribution is -2.42. The van der Waals surface area contributed by atoms with Crippen molar-refractivity contribution in [3.05, 3.63) is 46.5 Å². The molecule has 32 heavy (non-hydrogen) atoms. The largest absolute Gasteiger partial charge is 0.338 e. The smallest absolute Gasteiger partial charge is 0.318 e. The van der Waals surface area contributed by atoms with Gasteiger partial charge in [-0.25, -0.2) is 17.5 Å². The number of nitrogens with zero attached hydrogens (tertiary/aromatic N) is 5. The summed E-state index contributed by atoms with van der Waals surface area (Å²) in [7, 11) is -3.18. The topological polar surface area (TPSA) is 100 Å². The Balaban J connectivity index is 1.41. The number of sulfonamides is 1. The number of benzene rings is 1. The molecule has 1 N–H and O–H groups in total. The van der Waals surface area contributed by atoms with Crippen LogP contribution in [-0.4, -0.2) is 70.9 Å². The third-order valence-electron chi connectivity index (χ3n) is 6.29. The van der Waals surface area contributed by atoms with Gasteiger partial charge in [-0.15, -0.1) is 10.2 Å². The van der Waals surface area contributed by atoms with Gasteiger partial charge in [-0.1, -0.05) is 23.7 Å². The van der Waals surface area contributed by atoms with Gasteiger partial charge in [0.05, 0.1) is 18.8 Å². The van der Waals surface area contributed by atoms with E-state index in [-0.39, 0.29) is 18.0 Å². The maximum atomic E-state index is 13.0. The predicted octanol–water partition coefficient (Wildman–Crippen LogP) is 2.42. The highest BCUT2D eigenvalue weighted by Gasteiger charge is 2.35. The van der Waals surface area contributed by atoms with E-state index in [1.807, 2.05) is 36.1 Å². The number of nitrogens with one attached hydrogen (secondary N) is 1. The monoisotopic (exact) mass is 480 g/mol. The number of likely N-dealkylation sites (tertiary alicyclic amines) is 1. The minimum absolute atomic E-state index is 0.130. The number of amides is 2. The third kappa shape index (κ3) is 5.07. The molecule has 2 aliphatic heterocycles. The molecule has 0 spiro atoms. The van der Waals surface area contributed by atoms with Gasteiger partial charge < -0.3 is 14.8 Å². The minimum Gasteiger partial charge on any atom is -0.338 e. The maximum Gasteiger partial charge on any atom is 0.318 e. The van der Waals surface area contributed by atoms with Crippen LogP contribution in [0, 0.1) is 12.8 Å². The Hall–Kier alpha value is -2.17. The molecule has 0 bridgehead atoms. The molecule has 3 heterocycles. The quantitative estimate of drug-likeness (QED) is 0.684. The van der Waals surface area contributed by atoms with Crippen molar-refractivity contribution in [2.45, 2.75) is 38.8 Å². The number of rotatable bonds is 6. The number of halogens is 1. The van der Waals surface area contributed by atoms with Gasteiger partial charge in [-0.2, -0.15) is 0 Å². The van der Waals surface area contributed by atoms with E-state index in [0.29, 0.717) is 37.7 Å². The molecule has 0 radical (unpaired) electrons. The Morgan fingerprint density at radius 2 is 1.94 bits per heavy atom. The van der Waals surface area contributed by atoms with E-state index >= 15 is 0 Å². The van der Waals surface area contributed by atoms with Crippen molar-refractivity contribution in [3.8, 4) is 0 Å². The van der Waals surface area contributed by atoms with Crippen LogP contribution in [0.4, 0.5) is 4.79 Å². The molecule has 2 fully saturated rings. The summed E-state index contributed by atoms with van der Waals surface area (Å²) in [5.74, 6) is 1.72. The van der Waals surface area contributed by atoms with Gasteiger partial charge in [-0.3, -0.25) is 0 Å². The van der Waals surface area contributed by atoms with Gasteiger partial charge in [0.25, 0.3) is 0 Å². The Labute approximate surface area is 193 Å². The van der Waals surface area contributed by atoms with Gasteiger partial charge in [0.15, 0.2) is 5.82 Å². The van der Waals surface area contributed by atoms with Crippen molar-refractivity contribution >= 4 is 27.7 Å². The Bertz CT molecular complexity index is 1070. The Kier molecular flexibility index (Phi) is 6.73. The lowest BCUT2D eigenvalue weighted by molar-refractivity contribution is 0.188. The summed E-state index contributed by atoms with van der Waals surface area (Å²) in [6.45, 7) is 4.62. The first kappa shape index (κ1) is 23.0. The van der Waals surface area contributed by atoms with E-state index in [1.54, 1.807) is 0 Å². The molecular formula is C21H29ClN6O3S. The second-order valence-electron chi connectivity index (χ2n) is 8.63. The summed E-state index contributed by atoms with van der Waals surface area (Å²) in [6, 6.07) is 7.40. The molecule has 0 saturated carbocycles. The number of carbonyl (C=O) groups is 1. The summed E-state index contributed by atoms with van der Waals surface area (Å²) >= 11 is 6.01. The lowest BCUT2D eigenvalue weighted by Gasteiger charge is -2.26. The second kappa shape index (κ2) is 9.36. The van der Waals surface area contributed by atoms with Crippen LogP contribution in [0.5, 0.6) is 0 Å². The van der Waals surface area contributed by atoms with E-state index in [4.69, 9.17) is 11.6 Å². The molecule has 2 saturated heterocycles. The molecule has 0 aliphatic carbocycles. The summed E-state index contributed by atoms with van der Waals surface area (Å²) < 4.78 is 27.0. The van der Waals surface area contributed by atoms with E-state index in [0.717, 1.165) is 36.5 Å². The fraction of sp³-hybridized carbons (Fsp3) is 0.571. The molecule has 4 rings (SSSR count). The van der Waals surface area contributed by atoms with Crippen molar-refractivity contribution in [1.29, 1.82) is 0 Å². The highest BCUT2D eigenvalue weighted by atomic mass is 35.5. The van der Waals surface area contributed by atoms with Crippen LogP contribution >= 0.6 is 11.6 Å². The van der Waals surface area contributed by atoms with Crippen molar-refractivity contribution in [2.75, 3.05) is 32.4 Å². The summed E-state index contributed by atoms with van der Waals surface area (Å²) in [5.41, 5.74) is 1.09. The molecule has 2 amide bonds. The molecule has 2 atom stereocenters. The molecular weight excluding hydrogens is 452 g/mol. The van der Waals surface area contributed by atoms with Gasteiger partial charge in [0.2, 0.25) is 10.0 Å². The first-order chi connectivity index (χ1) is 15.2. The Morgan fingerprint density at radius 1 is 1.19 bits per heavy atom. The average molecular weight is 481 g/mol. The summed E-state index contributed by atoms with van der Waals surface area (Å²) in [5, 5.41) is 12.4. The zero-order chi connectivity index (χ0) is 22.9. The van der Waals surface area contributed by atoms with E-state index in [1.165, 1.54) is 10.6 Å². The summed E-state index contributed by atoms with van der Waals surface area (Å²) in [4.78, 5) is 14.8. The second-order valence-corrected chi connectivity index (χ2v) is 11.1. The lowest BCUT2D eigenvalue weighted by atomic mass is 10.1. The number of aromatic nitrogens is 3. The van der Waals surface area contributed by atoms with Crippen LogP contribution in [-0.2, 0) is 16.6 Å². The van der Waals surface area contributed by atoms with Crippen molar-refractivity contribution in [1.82, 2.24) is 29.3 Å². The van der Waals surface area contributed by atoms with E-state index in [2.05, 4.69) is 20.1 Å². The van der Waals surface area contributed by atoms with Crippen LogP contribution < -0.4 is 5.32 Å². The van der Waals surface area contributed by atoms with Crippen LogP contribution in [0.1, 0.15) is 42.5 Å². The fourth-order valence-corrected chi connectivity index (χ4v) is 5.53. The molecule has 1 aromatic heterocycles. The van der Waals surface area contributed by atoms with E-state index in [9.17, 15) is 13.2 Å². The maximum absolute atomic E-state index is 13.0. The molecule has 9 nitrogen and oxygen atoms in total.